The number of rotatable bonds is 12. The molecule has 6 heteroatoms. The lowest BCUT2D eigenvalue weighted by atomic mass is 10.1. The van der Waals surface area contributed by atoms with Crippen LogP contribution in [-0.2, 0) is 16.0 Å². The van der Waals surface area contributed by atoms with Crippen LogP contribution in [0.4, 0.5) is 0 Å². The van der Waals surface area contributed by atoms with E-state index < -0.39 is 6.04 Å². The molecule has 0 saturated heterocycles. The third-order valence-electron chi connectivity index (χ3n) is 5.47. The molecule has 1 unspecified atom stereocenters. The summed E-state index contributed by atoms with van der Waals surface area (Å²) >= 11 is 6.23. The molecule has 0 spiro atoms. The summed E-state index contributed by atoms with van der Waals surface area (Å²) in [5.74, 6) is 0.283. The highest BCUT2D eigenvalue weighted by Gasteiger charge is 2.28. The van der Waals surface area contributed by atoms with Crippen LogP contribution in [0.3, 0.4) is 0 Å². The molecule has 2 aromatic rings. The number of benzene rings is 2. The molecule has 0 aliphatic carbocycles. The summed E-state index contributed by atoms with van der Waals surface area (Å²) in [5, 5.41) is 3.67. The van der Waals surface area contributed by atoms with Crippen LogP contribution in [0.15, 0.2) is 42.5 Å². The number of amides is 2. The van der Waals surface area contributed by atoms with E-state index in [1.807, 2.05) is 63.2 Å². The second kappa shape index (κ2) is 13.1. The van der Waals surface area contributed by atoms with Crippen LogP contribution >= 0.6 is 11.6 Å². The number of ether oxygens (including phenoxy) is 1. The fourth-order valence-electron chi connectivity index (χ4n) is 3.62. The van der Waals surface area contributed by atoms with Crippen molar-refractivity contribution in [2.75, 3.05) is 19.7 Å². The van der Waals surface area contributed by atoms with Crippen LogP contribution < -0.4 is 10.1 Å². The maximum atomic E-state index is 13.2. The maximum absolute atomic E-state index is 13.2. The van der Waals surface area contributed by atoms with E-state index in [1.165, 1.54) is 0 Å². The predicted octanol–water partition coefficient (Wildman–Crippen LogP) is 5.10. The molecule has 174 valence electrons. The van der Waals surface area contributed by atoms with Gasteiger partial charge in [0.25, 0.3) is 5.91 Å². The topological polar surface area (TPSA) is 58.6 Å². The minimum absolute atomic E-state index is 0.111. The second-order valence-electron chi connectivity index (χ2n) is 8.05. The number of hydrogen-bond donors (Lipinski definition) is 1. The van der Waals surface area contributed by atoms with Gasteiger partial charge in [-0.3, -0.25) is 9.59 Å². The first kappa shape index (κ1) is 25.7. The number of nitrogens with one attached hydrogen (secondary N) is 1. The molecule has 0 bridgehead atoms. The molecular weight excluding hydrogens is 424 g/mol. The third kappa shape index (κ3) is 7.56. The maximum Gasteiger partial charge on any atom is 0.261 e. The number of carbonyl (C=O) groups excluding carboxylic acids is 2. The number of aryl methyl sites for hydroxylation is 2. The Morgan fingerprint density at radius 2 is 1.75 bits per heavy atom. The molecule has 32 heavy (non-hydrogen) atoms. The van der Waals surface area contributed by atoms with Gasteiger partial charge in [-0.1, -0.05) is 62.2 Å². The van der Waals surface area contributed by atoms with Crippen molar-refractivity contribution in [2.24, 2.45) is 0 Å². The molecule has 0 aliphatic heterocycles. The number of nitrogens with zero attached hydrogens (tertiary/aromatic N) is 1. The van der Waals surface area contributed by atoms with Gasteiger partial charge < -0.3 is 15.0 Å². The Bertz CT molecular complexity index is 863. The zero-order chi connectivity index (χ0) is 23.5. The molecule has 1 atom stereocenters. The van der Waals surface area contributed by atoms with Crippen LogP contribution in [0.25, 0.3) is 0 Å². The summed E-state index contributed by atoms with van der Waals surface area (Å²) in [6, 6.07) is 13.1. The highest BCUT2D eigenvalue weighted by Crippen LogP contribution is 2.26. The van der Waals surface area contributed by atoms with Gasteiger partial charge in [0.2, 0.25) is 5.91 Å². The average Bonchev–Trinajstić information content (AvgIpc) is 2.79. The Morgan fingerprint density at radius 1 is 1.09 bits per heavy atom. The van der Waals surface area contributed by atoms with Gasteiger partial charge in [0.05, 0.1) is 0 Å². The van der Waals surface area contributed by atoms with Gasteiger partial charge in [0, 0.05) is 18.1 Å². The van der Waals surface area contributed by atoms with Gasteiger partial charge in [-0.15, -0.1) is 0 Å². The molecule has 2 aromatic carbocycles. The fraction of sp³-hybridized carbons (Fsp3) is 0.462. The standard InChI is InChI=1S/C26H35ClN2O3/c1-5-7-14-28-26(31)23(6-2)29(15-13-21-11-9-8-10-12-21)24(30)18-32-22-16-19(3)25(27)20(4)17-22/h8-12,16-17,23H,5-7,13-15,18H2,1-4H3,(H,28,31). The molecule has 5 nitrogen and oxygen atoms in total. The number of carbonyl (C=O) groups is 2. The van der Waals surface area contributed by atoms with Crippen molar-refractivity contribution < 1.29 is 14.3 Å². The minimum atomic E-state index is -0.527. The van der Waals surface area contributed by atoms with E-state index in [2.05, 4.69) is 12.2 Å². The molecule has 0 radical (unpaired) electrons. The Morgan fingerprint density at radius 3 is 2.34 bits per heavy atom. The van der Waals surface area contributed by atoms with Crippen LogP contribution in [0.5, 0.6) is 5.75 Å². The first-order valence-corrected chi connectivity index (χ1v) is 11.8. The quantitative estimate of drug-likeness (QED) is 0.450. The Kier molecular flexibility index (Phi) is 10.5. The van der Waals surface area contributed by atoms with E-state index in [-0.39, 0.29) is 18.4 Å². The number of unbranched alkanes of at least 4 members (excludes halogenated alkanes) is 1. The molecule has 0 aromatic heterocycles. The SMILES string of the molecule is CCCCNC(=O)C(CC)N(CCc1ccccc1)C(=O)COc1cc(C)c(Cl)c(C)c1. The smallest absolute Gasteiger partial charge is 0.261 e. The molecule has 2 amide bonds. The first-order chi connectivity index (χ1) is 15.4. The largest absolute Gasteiger partial charge is 0.484 e. The number of halogens is 1. The van der Waals surface area contributed by atoms with Crippen molar-refractivity contribution in [1.82, 2.24) is 10.2 Å². The first-order valence-electron chi connectivity index (χ1n) is 11.4. The molecule has 2 rings (SSSR count). The summed E-state index contributed by atoms with van der Waals surface area (Å²) in [6.07, 6.45) is 3.13. The molecule has 0 aliphatic rings. The zero-order valence-corrected chi connectivity index (χ0v) is 20.4. The Balaban J connectivity index is 2.13. The van der Waals surface area contributed by atoms with Crippen LogP contribution in [0, 0.1) is 13.8 Å². The summed E-state index contributed by atoms with van der Waals surface area (Å²) in [4.78, 5) is 27.7. The van der Waals surface area contributed by atoms with Gasteiger partial charge in [-0.2, -0.15) is 0 Å². The van der Waals surface area contributed by atoms with E-state index in [0.717, 1.165) is 29.5 Å². The summed E-state index contributed by atoms with van der Waals surface area (Å²) < 4.78 is 5.81. The van der Waals surface area contributed by atoms with Crippen molar-refractivity contribution in [3.63, 3.8) is 0 Å². The van der Waals surface area contributed by atoms with Gasteiger partial charge in [-0.25, -0.2) is 0 Å². The van der Waals surface area contributed by atoms with E-state index in [4.69, 9.17) is 16.3 Å². The van der Waals surface area contributed by atoms with Crippen molar-refractivity contribution >= 4 is 23.4 Å². The average molecular weight is 459 g/mol. The predicted molar refractivity (Wildman–Crippen MR) is 130 cm³/mol. The highest BCUT2D eigenvalue weighted by atomic mass is 35.5. The zero-order valence-electron chi connectivity index (χ0n) is 19.6. The summed E-state index contributed by atoms with van der Waals surface area (Å²) in [6.45, 7) is 8.76. The monoisotopic (exact) mass is 458 g/mol. The molecule has 0 fully saturated rings. The summed E-state index contributed by atoms with van der Waals surface area (Å²) in [7, 11) is 0. The van der Waals surface area contributed by atoms with Gasteiger partial charge in [-0.05, 0) is 61.9 Å². The van der Waals surface area contributed by atoms with Crippen molar-refractivity contribution in [3.05, 3.63) is 64.2 Å². The van der Waals surface area contributed by atoms with Crippen LogP contribution in [-0.4, -0.2) is 42.5 Å². The minimum Gasteiger partial charge on any atom is -0.484 e. The molecule has 0 heterocycles. The third-order valence-corrected chi connectivity index (χ3v) is 6.07. The molecular formula is C26H35ClN2O3. The van der Waals surface area contributed by atoms with Crippen molar-refractivity contribution in [2.45, 2.75) is 59.4 Å². The molecule has 1 N–H and O–H groups in total. The van der Waals surface area contributed by atoms with E-state index in [0.29, 0.717) is 36.7 Å². The normalized spacial score (nSPS) is 11.7. The van der Waals surface area contributed by atoms with E-state index in [1.54, 1.807) is 4.90 Å². The van der Waals surface area contributed by atoms with Gasteiger partial charge >= 0.3 is 0 Å². The van der Waals surface area contributed by atoms with Gasteiger partial charge in [0.15, 0.2) is 6.61 Å². The lowest BCUT2D eigenvalue weighted by molar-refractivity contribution is -0.142. The van der Waals surface area contributed by atoms with Crippen molar-refractivity contribution in [3.8, 4) is 5.75 Å². The fourth-order valence-corrected chi connectivity index (χ4v) is 3.73. The van der Waals surface area contributed by atoms with Gasteiger partial charge in [0.1, 0.15) is 11.8 Å². The lowest BCUT2D eigenvalue weighted by Gasteiger charge is -2.30. The number of hydrogen-bond acceptors (Lipinski definition) is 3. The lowest BCUT2D eigenvalue weighted by Crippen LogP contribution is -2.51. The Labute approximate surface area is 197 Å². The van der Waals surface area contributed by atoms with E-state index >= 15 is 0 Å². The molecule has 0 saturated carbocycles. The van der Waals surface area contributed by atoms with Crippen LogP contribution in [0.1, 0.15) is 49.8 Å². The summed E-state index contributed by atoms with van der Waals surface area (Å²) in [5.41, 5.74) is 2.92. The van der Waals surface area contributed by atoms with Crippen LogP contribution in [0.2, 0.25) is 5.02 Å². The van der Waals surface area contributed by atoms with Crippen molar-refractivity contribution in [1.29, 1.82) is 0 Å². The van der Waals surface area contributed by atoms with E-state index in [9.17, 15) is 9.59 Å². The Hall–Kier alpha value is -2.53. The highest BCUT2D eigenvalue weighted by molar-refractivity contribution is 6.32. The second-order valence-corrected chi connectivity index (χ2v) is 8.43.